The van der Waals surface area contributed by atoms with Crippen molar-refractivity contribution in [2.45, 2.75) is 11.5 Å². The quantitative estimate of drug-likeness (QED) is 0.848. The number of alkyl halides is 2. The lowest BCUT2D eigenvalue weighted by Crippen LogP contribution is -2.03. The van der Waals surface area contributed by atoms with Crippen molar-refractivity contribution < 1.29 is 17.2 Å². The lowest BCUT2D eigenvalue weighted by molar-refractivity contribution is 0.150. The smallest absolute Gasteiger partial charge is 0.278 e. The molecule has 1 aromatic rings. The Kier molecular flexibility index (Phi) is 3.51. The molecule has 84 valence electrons. The minimum absolute atomic E-state index is 0.137. The highest BCUT2D eigenvalue weighted by Gasteiger charge is 2.21. The summed E-state index contributed by atoms with van der Waals surface area (Å²) >= 11 is 2.78. The fourth-order valence-corrected chi connectivity index (χ4v) is 1.92. The van der Waals surface area contributed by atoms with Gasteiger partial charge in [0, 0.05) is 16.2 Å². The molecule has 0 amide bonds. The summed E-state index contributed by atoms with van der Waals surface area (Å²) in [6, 6.07) is 0.674. The van der Waals surface area contributed by atoms with E-state index in [1.807, 2.05) is 0 Å². The van der Waals surface area contributed by atoms with Crippen molar-refractivity contribution in [3.8, 4) is 0 Å². The second-order valence-corrected chi connectivity index (χ2v) is 5.79. The van der Waals surface area contributed by atoms with E-state index in [0.29, 0.717) is 6.07 Å². The SMILES string of the molecule is Nc1nc(S(=O)(=O)Cl)cc(C(F)F)c1Br. The van der Waals surface area contributed by atoms with Crippen molar-refractivity contribution in [2.24, 2.45) is 0 Å². The van der Waals surface area contributed by atoms with Crippen LogP contribution in [-0.4, -0.2) is 13.4 Å². The van der Waals surface area contributed by atoms with Crippen molar-refractivity contribution in [2.75, 3.05) is 5.73 Å². The van der Waals surface area contributed by atoms with Gasteiger partial charge in [-0.15, -0.1) is 0 Å². The molecule has 1 heterocycles. The van der Waals surface area contributed by atoms with Gasteiger partial charge in [-0.05, 0) is 22.0 Å². The van der Waals surface area contributed by atoms with Crippen LogP contribution >= 0.6 is 26.6 Å². The Labute approximate surface area is 97.0 Å². The van der Waals surface area contributed by atoms with Gasteiger partial charge in [0.15, 0.2) is 5.03 Å². The van der Waals surface area contributed by atoms with Gasteiger partial charge in [-0.25, -0.2) is 22.2 Å². The van der Waals surface area contributed by atoms with E-state index in [2.05, 4.69) is 20.9 Å². The van der Waals surface area contributed by atoms with Crippen LogP contribution in [0.5, 0.6) is 0 Å². The Morgan fingerprint density at radius 3 is 2.47 bits per heavy atom. The highest BCUT2D eigenvalue weighted by Crippen LogP contribution is 2.32. The maximum atomic E-state index is 12.4. The Morgan fingerprint density at radius 1 is 1.53 bits per heavy atom. The molecule has 0 saturated heterocycles. The molecule has 0 atom stereocenters. The molecule has 15 heavy (non-hydrogen) atoms. The largest absolute Gasteiger partial charge is 0.383 e. The van der Waals surface area contributed by atoms with E-state index in [1.165, 1.54) is 0 Å². The van der Waals surface area contributed by atoms with Gasteiger partial charge in [0.2, 0.25) is 0 Å². The normalized spacial score (nSPS) is 12.1. The third-order valence-electron chi connectivity index (χ3n) is 1.47. The summed E-state index contributed by atoms with van der Waals surface area (Å²) in [6.07, 6.45) is -2.87. The number of rotatable bonds is 2. The first-order chi connectivity index (χ1) is 6.73. The Bertz CT molecular complexity index is 494. The average Bonchev–Trinajstić information content (AvgIpc) is 2.06. The molecule has 1 rings (SSSR count). The van der Waals surface area contributed by atoms with Crippen LogP contribution in [0.25, 0.3) is 0 Å². The van der Waals surface area contributed by atoms with Gasteiger partial charge < -0.3 is 5.73 Å². The first-order valence-electron chi connectivity index (χ1n) is 3.42. The topological polar surface area (TPSA) is 73.0 Å². The Hall–Kier alpha value is -0.470. The van der Waals surface area contributed by atoms with E-state index in [0.717, 1.165) is 0 Å². The summed E-state index contributed by atoms with van der Waals surface area (Å²) in [5, 5.41) is -0.694. The molecule has 1 aromatic heterocycles. The third kappa shape index (κ3) is 2.76. The first-order valence-corrected chi connectivity index (χ1v) is 6.52. The molecular formula is C6H4BrClF2N2O2S. The van der Waals surface area contributed by atoms with Gasteiger partial charge in [-0.3, -0.25) is 0 Å². The average molecular weight is 322 g/mol. The molecule has 0 aliphatic heterocycles. The predicted octanol–water partition coefficient (Wildman–Crippen LogP) is 2.29. The van der Waals surface area contributed by atoms with E-state index in [1.54, 1.807) is 0 Å². The number of aromatic nitrogens is 1. The van der Waals surface area contributed by atoms with Gasteiger partial charge >= 0.3 is 0 Å². The van der Waals surface area contributed by atoms with Crippen molar-refractivity contribution in [3.05, 3.63) is 16.1 Å². The zero-order chi connectivity index (χ0) is 11.8. The fraction of sp³-hybridized carbons (Fsp3) is 0.167. The third-order valence-corrected chi connectivity index (χ3v) is 3.52. The lowest BCUT2D eigenvalue weighted by Gasteiger charge is -2.07. The molecule has 9 heteroatoms. The minimum atomic E-state index is -4.17. The van der Waals surface area contributed by atoms with Crippen LogP contribution in [-0.2, 0) is 9.05 Å². The van der Waals surface area contributed by atoms with Crippen LogP contribution in [0.15, 0.2) is 15.6 Å². The van der Waals surface area contributed by atoms with E-state index in [4.69, 9.17) is 16.4 Å². The van der Waals surface area contributed by atoms with Crippen LogP contribution < -0.4 is 5.73 Å². The molecule has 0 bridgehead atoms. The highest BCUT2D eigenvalue weighted by molar-refractivity contribution is 9.10. The number of nitrogens with two attached hydrogens (primary N) is 1. The van der Waals surface area contributed by atoms with Gasteiger partial charge in [0.25, 0.3) is 15.5 Å². The monoisotopic (exact) mass is 320 g/mol. The second kappa shape index (κ2) is 4.18. The number of anilines is 1. The molecule has 0 saturated carbocycles. The minimum Gasteiger partial charge on any atom is -0.383 e. The maximum Gasteiger partial charge on any atom is 0.278 e. The van der Waals surface area contributed by atoms with Crippen LogP contribution in [0.4, 0.5) is 14.6 Å². The number of hydrogen-bond acceptors (Lipinski definition) is 4. The number of hydrogen-bond donors (Lipinski definition) is 1. The number of nitrogen functional groups attached to an aromatic ring is 1. The molecule has 2 N–H and O–H groups in total. The molecule has 0 radical (unpaired) electrons. The van der Waals surface area contributed by atoms with Gasteiger partial charge in [0.05, 0.1) is 4.47 Å². The Morgan fingerprint density at radius 2 is 2.07 bits per heavy atom. The summed E-state index contributed by atoms with van der Waals surface area (Å²) in [4.78, 5) is 3.36. The van der Waals surface area contributed by atoms with Crippen molar-refractivity contribution >= 4 is 41.5 Å². The van der Waals surface area contributed by atoms with E-state index >= 15 is 0 Å². The standard InChI is InChI=1S/C6H4BrClF2N2O2S/c7-4-2(5(9)10)1-3(12-6(4)11)15(8,13)14/h1,5H,(H2,11,12). The highest BCUT2D eigenvalue weighted by atomic mass is 79.9. The Balaban J connectivity index is 3.50. The molecule has 0 unspecified atom stereocenters. The van der Waals surface area contributed by atoms with Crippen LogP contribution in [0.3, 0.4) is 0 Å². The van der Waals surface area contributed by atoms with Crippen LogP contribution in [0.2, 0.25) is 0 Å². The first kappa shape index (κ1) is 12.6. The second-order valence-electron chi connectivity index (χ2n) is 2.49. The van der Waals surface area contributed by atoms with Crippen molar-refractivity contribution in [3.63, 3.8) is 0 Å². The molecule has 0 aromatic carbocycles. The summed E-state index contributed by atoms with van der Waals surface area (Å²) in [5.74, 6) is -0.355. The molecule has 0 aliphatic rings. The van der Waals surface area contributed by atoms with Gasteiger partial charge in [-0.2, -0.15) is 0 Å². The van der Waals surface area contributed by atoms with E-state index < -0.39 is 26.1 Å². The summed E-state index contributed by atoms with van der Waals surface area (Å²) in [5.41, 5.74) is 4.67. The summed E-state index contributed by atoms with van der Waals surface area (Å²) in [6.45, 7) is 0. The summed E-state index contributed by atoms with van der Waals surface area (Å²) < 4.78 is 46.4. The molecular weight excluding hydrogens is 317 g/mol. The van der Waals surface area contributed by atoms with Crippen molar-refractivity contribution in [1.82, 2.24) is 4.98 Å². The van der Waals surface area contributed by atoms with Crippen molar-refractivity contribution in [1.29, 1.82) is 0 Å². The molecule has 4 nitrogen and oxygen atoms in total. The fourth-order valence-electron chi connectivity index (χ4n) is 0.828. The van der Waals surface area contributed by atoms with E-state index in [9.17, 15) is 17.2 Å². The lowest BCUT2D eigenvalue weighted by atomic mass is 10.3. The predicted molar refractivity (Wildman–Crippen MR) is 54.3 cm³/mol. The molecule has 0 fully saturated rings. The number of halogens is 4. The number of pyridine rings is 1. The van der Waals surface area contributed by atoms with Crippen LogP contribution in [0, 0.1) is 0 Å². The zero-order valence-corrected chi connectivity index (χ0v) is 10.1. The molecule has 0 spiro atoms. The zero-order valence-electron chi connectivity index (χ0n) is 6.92. The van der Waals surface area contributed by atoms with Gasteiger partial charge in [0.1, 0.15) is 5.82 Å². The molecule has 0 aliphatic carbocycles. The van der Waals surface area contributed by atoms with Gasteiger partial charge in [-0.1, -0.05) is 0 Å². The number of nitrogens with zero attached hydrogens (tertiary/aromatic N) is 1. The maximum absolute atomic E-state index is 12.4. The van der Waals surface area contributed by atoms with E-state index in [-0.39, 0.29) is 10.3 Å². The van der Waals surface area contributed by atoms with Crippen LogP contribution in [0.1, 0.15) is 12.0 Å². The summed E-state index contributed by atoms with van der Waals surface area (Å²) in [7, 11) is 0.782.